The Kier molecular flexibility index (Phi) is 9.14. The molecule has 0 saturated carbocycles. The normalized spacial score (nSPS) is 12.1. The van der Waals surface area contributed by atoms with Gasteiger partial charge in [0.1, 0.15) is 11.5 Å². The van der Waals surface area contributed by atoms with Crippen molar-refractivity contribution in [1.29, 1.82) is 0 Å². The lowest BCUT2D eigenvalue weighted by atomic mass is 10.1. The van der Waals surface area contributed by atoms with Crippen molar-refractivity contribution < 1.29 is 19.4 Å². The zero-order valence-electron chi connectivity index (χ0n) is 15.8. The lowest BCUT2D eigenvalue weighted by Gasteiger charge is -2.10. The number of ether oxygens (including phenoxy) is 2. The summed E-state index contributed by atoms with van der Waals surface area (Å²) >= 11 is 0. The van der Waals surface area contributed by atoms with Gasteiger partial charge in [0.25, 0.3) is 0 Å². The van der Waals surface area contributed by atoms with Crippen molar-refractivity contribution in [2.45, 2.75) is 45.1 Å². The Morgan fingerprint density at radius 2 is 1.70 bits per heavy atom. The number of carbonyl (C=O) groups excluding carboxylic acids is 1. The van der Waals surface area contributed by atoms with Gasteiger partial charge in [-0.2, -0.15) is 0 Å². The van der Waals surface area contributed by atoms with E-state index < -0.39 is 5.97 Å². The maximum absolute atomic E-state index is 11.8. The molecule has 0 fully saturated rings. The van der Waals surface area contributed by atoms with Crippen LogP contribution in [0.15, 0.2) is 60.7 Å². The molecule has 1 N–H and O–H groups in total. The van der Waals surface area contributed by atoms with Gasteiger partial charge in [-0.3, -0.25) is 0 Å². The first-order valence-electron chi connectivity index (χ1n) is 9.53. The van der Waals surface area contributed by atoms with Crippen LogP contribution in [-0.2, 0) is 4.79 Å². The van der Waals surface area contributed by atoms with Crippen LogP contribution < -0.4 is 9.47 Å². The second-order valence-corrected chi connectivity index (χ2v) is 6.42. The molecule has 0 aliphatic rings. The van der Waals surface area contributed by atoms with Crippen LogP contribution in [0.3, 0.4) is 0 Å². The van der Waals surface area contributed by atoms with E-state index in [2.05, 4.69) is 6.92 Å². The van der Waals surface area contributed by atoms with Gasteiger partial charge < -0.3 is 14.6 Å². The number of para-hydroxylation sites is 1. The Bertz CT molecular complexity index is 692. The number of unbranched alkanes of at least 4 members (excludes halogenated alkanes) is 1. The molecule has 0 aliphatic carbocycles. The number of rotatable bonds is 11. The highest BCUT2D eigenvalue weighted by molar-refractivity contribution is 5.88. The fraction of sp³-hybridized carbons (Fsp3) is 0.348. The molecule has 1 unspecified atom stereocenters. The van der Waals surface area contributed by atoms with E-state index in [-0.39, 0.29) is 6.10 Å². The number of aliphatic hydroxyl groups excluding tert-OH is 1. The largest absolute Gasteiger partial charge is 0.494 e. The smallest absolute Gasteiger partial charge is 0.336 e. The number of hydrogen-bond donors (Lipinski definition) is 1. The van der Waals surface area contributed by atoms with E-state index in [1.165, 1.54) is 6.08 Å². The minimum Gasteiger partial charge on any atom is -0.494 e. The number of esters is 1. The summed E-state index contributed by atoms with van der Waals surface area (Å²) in [5, 5.41) is 9.81. The molecule has 4 heteroatoms. The molecule has 0 spiro atoms. The van der Waals surface area contributed by atoms with E-state index in [4.69, 9.17) is 9.47 Å². The first kappa shape index (κ1) is 20.7. The molecule has 144 valence electrons. The Balaban J connectivity index is 1.70. The van der Waals surface area contributed by atoms with Gasteiger partial charge in [0, 0.05) is 6.08 Å². The summed E-state index contributed by atoms with van der Waals surface area (Å²) in [7, 11) is 0. The van der Waals surface area contributed by atoms with E-state index in [1.807, 2.05) is 42.5 Å². The predicted octanol–water partition coefficient (Wildman–Crippen LogP) is 5.02. The summed E-state index contributed by atoms with van der Waals surface area (Å²) in [6, 6.07) is 16.5. The molecule has 0 radical (unpaired) electrons. The summed E-state index contributed by atoms with van der Waals surface area (Å²) in [6.45, 7) is 2.71. The molecule has 0 aromatic heterocycles. The number of benzene rings is 2. The summed E-state index contributed by atoms with van der Waals surface area (Å²) in [5.41, 5.74) is 0.891. The molecule has 2 aromatic rings. The van der Waals surface area contributed by atoms with Crippen LogP contribution in [0.25, 0.3) is 6.08 Å². The van der Waals surface area contributed by atoms with Crippen LogP contribution in [0.2, 0.25) is 0 Å². The van der Waals surface area contributed by atoms with Crippen molar-refractivity contribution in [3.8, 4) is 11.5 Å². The zero-order valence-corrected chi connectivity index (χ0v) is 15.8. The highest BCUT2D eigenvalue weighted by Crippen LogP contribution is 2.15. The average Bonchev–Trinajstić information content (AvgIpc) is 2.69. The van der Waals surface area contributed by atoms with Crippen LogP contribution in [0, 0.1) is 0 Å². The van der Waals surface area contributed by atoms with Crippen LogP contribution in [-0.4, -0.2) is 23.8 Å². The predicted molar refractivity (Wildman–Crippen MR) is 108 cm³/mol. The van der Waals surface area contributed by atoms with Gasteiger partial charge in [0.2, 0.25) is 0 Å². The Morgan fingerprint density at radius 1 is 1.00 bits per heavy atom. The average molecular weight is 368 g/mol. The van der Waals surface area contributed by atoms with Crippen molar-refractivity contribution >= 4 is 12.0 Å². The zero-order chi connectivity index (χ0) is 19.3. The van der Waals surface area contributed by atoms with Crippen molar-refractivity contribution in [3.63, 3.8) is 0 Å². The van der Waals surface area contributed by atoms with E-state index in [0.29, 0.717) is 12.4 Å². The van der Waals surface area contributed by atoms with Gasteiger partial charge in [-0.25, -0.2) is 4.79 Å². The SMILES string of the molecule is CCCCC(O)CCCOc1ccc(/C=C/C(=O)Oc2ccccc2)cc1. The minimum atomic E-state index is -0.414. The second-order valence-electron chi connectivity index (χ2n) is 6.42. The number of hydrogen-bond acceptors (Lipinski definition) is 4. The standard InChI is InChI=1S/C23H28O4/c1-2-3-8-20(24)9-7-18-26-21-15-12-19(13-16-21)14-17-23(25)27-22-10-5-4-6-11-22/h4-6,10-17,20,24H,2-3,7-9,18H2,1H3/b17-14+. The van der Waals surface area contributed by atoms with Gasteiger partial charge in [-0.05, 0) is 55.2 Å². The fourth-order valence-corrected chi connectivity index (χ4v) is 2.57. The third-order valence-electron chi connectivity index (χ3n) is 4.09. The maximum Gasteiger partial charge on any atom is 0.336 e. The van der Waals surface area contributed by atoms with Gasteiger partial charge >= 0.3 is 5.97 Å². The molecule has 0 heterocycles. The molecule has 2 aromatic carbocycles. The van der Waals surface area contributed by atoms with Crippen LogP contribution in [0.4, 0.5) is 0 Å². The minimum absolute atomic E-state index is 0.225. The molecular formula is C23H28O4. The van der Waals surface area contributed by atoms with Crippen molar-refractivity contribution in [2.24, 2.45) is 0 Å². The quantitative estimate of drug-likeness (QED) is 0.262. The third-order valence-corrected chi connectivity index (χ3v) is 4.09. The van der Waals surface area contributed by atoms with Crippen LogP contribution in [0.5, 0.6) is 11.5 Å². The maximum atomic E-state index is 11.8. The topological polar surface area (TPSA) is 55.8 Å². The summed E-state index contributed by atoms with van der Waals surface area (Å²) in [4.78, 5) is 11.8. The molecule has 0 amide bonds. The monoisotopic (exact) mass is 368 g/mol. The summed E-state index contributed by atoms with van der Waals surface area (Å²) < 4.78 is 10.9. The molecule has 1 atom stereocenters. The van der Waals surface area contributed by atoms with Crippen LogP contribution >= 0.6 is 0 Å². The van der Waals surface area contributed by atoms with E-state index >= 15 is 0 Å². The van der Waals surface area contributed by atoms with Gasteiger partial charge in [-0.15, -0.1) is 0 Å². The first-order valence-corrected chi connectivity index (χ1v) is 9.53. The molecular weight excluding hydrogens is 340 g/mol. The summed E-state index contributed by atoms with van der Waals surface area (Å²) in [5.74, 6) is 0.890. The Morgan fingerprint density at radius 3 is 2.41 bits per heavy atom. The van der Waals surface area contributed by atoms with E-state index in [1.54, 1.807) is 18.2 Å². The van der Waals surface area contributed by atoms with Crippen LogP contribution in [0.1, 0.15) is 44.6 Å². The van der Waals surface area contributed by atoms with Crippen molar-refractivity contribution in [2.75, 3.05) is 6.61 Å². The first-order chi connectivity index (χ1) is 13.2. The van der Waals surface area contributed by atoms with Gasteiger partial charge in [-0.1, -0.05) is 50.1 Å². The van der Waals surface area contributed by atoms with Crippen molar-refractivity contribution in [1.82, 2.24) is 0 Å². The highest BCUT2D eigenvalue weighted by atomic mass is 16.5. The fourth-order valence-electron chi connectivity index (χ4n) is 2.57. The Hall–Kier alpha value is -2.59. The summed E-state index contributed by atoms with van der Waals surface area (Å²) in [6.07, 6.45) is 7.53. The van der Waals surface area contributed by atoms with Crippen molar-refractivity contribution in [3.05, 3.63) is 66.2 Å². The molecule has 4 nitrogen and oxygen atoms in total. The number of carbonyl (C=O) groups is 1. The van der Waals surface area contributed by atoms with E-state index in [9.17, 15) is 9.90 Å². The molecule has 2 rings (SSSR count). The third kappa shape index (κ3) is 8.56. The molecule has 0 bridgehead atoms. The molecule has 0 aliphatic heterocycles. The second kappa shape index (κ2) is 11.9. The van der Waals surface area contributed by atoms with Gasteiger partial charge in [0.05, 0.1) is 12.7 Å². The lowest BCUT2D eigenvalue weighted by Crippen LogP contribution is -2.08. The van der Waals surface area contributed by atoms with Gasteiger partial charge in [0.15, 0.2) is 0 Å². The highest BCUT2D eigenvalue weighted by Gasteiger charge is 2.03. The van der Waals surface area contributed by atoms with E-state index in [0.717, 1.165) is 43.4 Å². The Labute approximate surface area is 161 Å². The molecule has 0 saturated heterocycles. The lowest BCUT2D eigenvalue weighted by molar-refractivity contribution is -0.128. The molecule has 27 heavy (non-hydrogen) atoms. The number of aliphatic hydroxyl groups is 1.